The molecule has 60 valence electrons. The van der Waals surface area contributed by atoms with Gasteiger partial charge in [-0.1, -0.05) is 5.16 Å². The molecule has 0 saturated heterocycles. The van der Waals surface area contributed by atoms with Crippen molar-refractivity contribution in [3.63, 3.8) is 0 Å². The molecule has 1 atom stereocenters. The van der Waals surface area contributed by atoms with Crippen LogP contribution in [0.2, 0.25) is 0 Å². The molecule has 10 heavy (non-hydrogen) atoms. The van der Waals surface area contributed by atoms with Crippen molar-refractivity contribution in [1.82, 2.24) is 4.90 Å². The van der Waals surface area contributed by atoms with Crippen LogP contribution in [0.4, 0.5) is 0 Å². The Hall–Kier alpha value is -0.580. The Morgan fingerprint density at radius 1 is 1.90 bits per heavy atom. The topological polar surface area (TPSA) is 61.8 Å². The Morgan fingerprint density at radius 3 is 2.50 bits per heavy atom. The molecule has 0 aliphatic heterocycles. The minimum atomic E-state index is -0.0269. The average molecular weight is 163 g/mol. The lowest BCUT2D eigenvalue weighted by molar-refractivity contribution is 0.298. The van der Waals surface area contributed by atoms with E-state index in [2.05, 4.69) is 17.8 Å². The van der Waals surface area contributed by atoms with E-state index in [4.69, 9.17) is 10.9 Å². The van der Waals surface area contributed by atoms with Gasteiger partial charge < -0.3 is 15.8 Å². The predicted octanol–water partition coefficient (Wildman–Crippen LogP) is 0.288. The van der Waals surface area contributed by atoms with E-state index < -0.39 is 0 Å². The van der Waals surface area contributed by atoms with E-state index in [1.54, 1.807) is 4.90 Å². The maximum absolute atomic E-state index is 8.27. The van der Waals surface area contributed by atoms with Gasteiger partial charge in [-0.05, 0) is 13.8 Å². The first-order valence-electron chi connectivity index (χ1n) is 3.05. The number of nitrogens with zero attached hydrogens (tertiary/aromatic N) is 2. The van der Waals surface area contributed by atoms with Gasteiger partial charge in [0.25, 0.3) is 0 Å². The van der Waals surface area contributed by atoms with E-state index in [1.807, 2.05) is 13.8 Å². The van der Waals surface area contributed by atoms with E-state index in [0.29, 0.717) is 6.54 Å². The zero-order valence-electron chi connectivity index (χ0n) is 6.15. The van der Waals surface area contributed by atoms with Gasteiger partial charge in [0.2, 0.25) is 5.96 Å². The fourth-order valence-corrected chi connectivity index (χ4v) is 0.957. The van der Waals surface area contributed by atoms with Crippen LogP contribution in [0.3, 0.4) is 0 Å². The van der Waals surface area contributed by atoms with Crippen LogP contribution >= 0.6 is 12.6 Å². The molecule has 4 nitrogen and oxygen atoms in total. The minimum absolute atomic E-state index is 0.0269. The summed E-state index contributed by atoms with van der Waals surface area (Å²) in [7, 11) is 0. The Labute approximate surface area is 66.1 Å². The highest BCUT2D eigenvalue weighted by Crippen LogP contribution is 2.00. The molecule has 0 aromatic heterocycles. The molecule has 0 aromatic carbocycles. The summed E-state index contributed by atoms with van der Waals surface area (Å²) < 4.78 is 0. The third-order valence-electron chi connectivity index (χ3n) is 1.19. The Kier molecular flexibility index (Phi) is 4.02. The molecule has 0 saturated carbocycles. The van der Waals surface area contributed by atoms with Crippen LogP contribution in [-0.2, 0) is 0 Å². The first kappa shape index (κ1) is 9.42. The van der Waals surface area contributed by atoms with Crippen LogP contribution in [0.1, 0.15) is 13.8 Å². The molecule has 0 bridgehead atoms. The monoisotopic (exact) mass is 163 g/mol. The fraction of sp³-hybridized carbons (Fsp3) is 0.800. The molecule has 0 heterocycles. The van der Waals surface area contributed by atoms with Crippen LogP contribution in [0.25, 0.3) is 0 Å². The highest BCUT2D eigenvalue weighted by Gasteiger charge is 2.09. The summed E-state index contributed by atoms with van der Waals surface area (Å²) in [5.74, 6) is 0.102. The van der Waals surface area contributed by atoms with Crippen molar-refractivity contribution in [2.24, 2.45) is 10.9 Å². The van der Waals surface area contributed by atoms with E-state index in [0.717, 1.165) is 0 Å². The smallest absolute Gasteiger partial charge is 0.234 e. The standard InChI is InChI=1S/C5H13N3OS/c1-3-8(4(2)10)5(6)7-9/h4,9-10H,3H2,1-2H3,(H2,6,7). The molecule has 5 heteroatoms. The molecule has 0 rings (SSSR count). The summed E-state index contributed by atoms with van der Waals surface area (Å²) >= 11 is 4.12. The highest BCUT2D eigenvalue weighted by atomic mass is 32.1. The van der Waals surface area contributed by atoms with E-state index in [-0.39, 0.29) is 11.3 Å². The first-order valence-corrected chi connectivity index (χ1v) is 3.57. The van der Waals surface area contributed by atoms with Gasteiger partial charge in [0.15, 0.2) is 0 Å². The molecule has 0 amide bonds. The fourth-order valence-electron chi connectivity index (χ4n) is 0.675. The van der Waals surface area contributed by atoms with Crippen molar-refractivity contribution in [2.45, 2.75) is 19.2 Å². The molecule has 0 aliphatic rings. The van der Waals surface area contributed by atoms with Gasteiger partial charge in [-0.3, -0.25) is 0 Å². The van der Waals surface area contributed by atoms with Crippen molar-refractivity contribution in [3.05, 3.63) is 0 Å². The maximum Gasteiger partial charge on any atom is 0.234 e. The molecular formula is C5H13N3OS. The van der Waals surface area contributed by atoms with Crippen LogP contribution in [0.5, 0.6) is 0 Å². The van der Waals surface area contributed by atoms with Gasteiger partial charge in [0.1, 0.15) is 0 Å². The highest BCUT2D eigenvalue weighted by molar-refractivity contribution is 7.80. The zero-order chi connectivity index (χ0) is 8.15. The summed E-state index contributed by atoms with van der Waals surface area (Å²) in [5.41, 5.74) is 5.31. The predicted molar refractivity (Wildman–Crippen MR) is 44.2 cm³/mol. The second-order valence-electron chi connectivity index (χ2n) is 1.88. The number of hydrogen-bond donors (Lipinski definition) is 3. The lowest BCUT2D eigenvalue weighted by Gasteiger charge is -2.23. The van der Waals surface area contributed by atoms with Crippen molar-refractivity contribution < 1.29 is 5.21 Å². The number of oxime groups is 1. The van der Waals surface area contributed by atoms with Crippen LogP contribution in [-0.4, -0.2) is 28.0 Å². The molecule has 0 fully saturated rings. The number of rotatable bonds is 2. The molecule has 0 spiro atoms. The summed E-state index contributed by atoms with van der Waals surface area (Å²) in [6, 6.07) is 0. The van der Waals surface area contributed by atoms with Gasteiger partial charge in [-0.15, -0.1) is 0 Å². The summed E-state index contributed by atoms with van der Waals surface area (Å²) in [4.78, 5) is 1.66. The quantitative estimate of drug-likeness (QED) is 0.137. The van der Waals surface area contributed by atoms with Crippen LogP contribution in [0, 0.1) is 0 Å². The molecule has 3 N–H and O–H groups in total. The van der Waals surface area contributed by atoms with Gasteiger partial charge >= 0.3 is 0 Å². The molecule has 0 radical (unpaired) electrons. The second-order valence-corrected chi connectivity index (χ2v) is 2.62. The van der Waals surface area contributed by atoms with Gasteiger partial charge in [-0.25, -0.2) is 0 Å². The normalized spacial score (nSPS) is 14.9. The van der Waals surface area contributed by atoms with Crippen LogP contribution < -0.4 is 5.73 Å². The summed E-state index contributed by atoms with van der Waals surface area (Å²) in [6.07, 6.45) is 0. The zero-order valence-corrected chi connectivity index (χ0v) is 7.05. The Balaban J connectivity index is 4.07. The second kappa shape index (κ2) is 4.27. The number of thiol groups is 1. The third-order valence-corrected chi connectivity index (χ3v) is 1.47. The van der Waals surface area contributed by atoms with Crippen molar-refractivity contribution >= 4 is 18.6 Å². The van der Waals surface area contributed by atoms with Crippen LogP contribution in [0.15, 0.2) is 5.16 Å². The molecule has 0 aromatic rings. The van der Waals surface area contributed by atoms with E-state index >= 15 is 0 Å². The molecule has 0 aliphatic carbocycles. The SMILES string of the molecule is CCN(/C(N)=N/O)C(C)S. The summed E-state index contributed by atoms with van der Waals surface area (Å²) in [5, 5.41) is 11.1. The number of nitrogens with two attached hydrogens (primary N) is 1. The molecule has 1 unspecified atom stereocenters. The van der Waals surface area contributed by atoms with Crippen molar-refractivity contribution in [2.75, 3.05) is 6.54 Å². The van der Waals surface area contributed by atoms with E-state index in [1.165, 1.54) is 0 Å². The first-order chi connectivity index (χ1) is 4.63. The minimum Gasteiger partial charge on any atom is -0.408 e. The van der Waals surface area contributed by atoms with Gasteiger partial charge in [-0.2, -0.15) is 12.6 Å². The third kappa shape index (κ3) is 2.34. The van der Waals surface area contributed by atoms with E-state index in [9.17, 15) is 0 Å². The van der Waals surface area contributed by atoms with Crippen molar-refractivity contribution in [3.8, 4) is 0 Å². The average Bonchev–Trinajstić information content (AvgIpc) is 1.88. The summed E-state index contributed by atoms with van der Waals surface area (Å²) in [6.45, 7) is 4.44. The number of guanidine groups is 1. The largest absolute Gasteiger partial charge is 0.408 e. The molecular weight excluding hydrogens is 150 g/mol. The Morgan fingerprint density at radius 2 is 2.40 bits per heavy atom. The lowest BCUT2D eigenvalue weighted by atomic mass is 10.5. The lowest BCUT2D eigenvalue weighted by Crippen LogP contribution is -2.40. The van der Waals surface area contributed by atoms with Crippen molar-refractivity contribution in [1.29, 1.82) is 0 Å². The van der Waals surface area contributed by atoms with Gasteiger partial charge in [0, 0.05) is 6.54 Å². The Bertz CT molecular complexity index is 126. The number of hydrogen-bond acceptors (Lipinski definition) is 3. The maximum atomic E-state index is 8.27. The van der Waals surface area contributed by atoms with Gasteiger partial charge in [0.05, 0.1) is 5.37 Å².